The number of hydrogen-bond acceptors (Lipinski definition) is 2. The van der Waals surface area contributed by atoms with Crippen LogP contribution in [-0.4, -0.2) is 5.11 Å². The maximum Gasteiger partial charge on any atom is 0.126 e. The summed E-state index contributed by atoms with van der Waals surface area (Å²) in [5, 5.41) is 13.7. The van der Waals surface area contributed by atoms with Gasteiger partial charge in [-0.1, -0.05) is 29.8 Å². The van der Waals surface area contributed by atoms with Crippen LogP contribution >= 0.6 is 11.6 Å². The summed E-state index contributed by atoms with van der Waals surface area (Å²) in [5.74, 6) is -0.470. The van der Waals surface area contributed by atoms with Gasteiger partial charge in [-0.15, -0.1) is 0 Å². The van der Waals surface area contributed by atoms with Crippen molar-refractivity contribution < 1.29 is 9.50 Å². The van der Waals surface area contributed by atoms with Crippen molar-refractivity contribution in [2.24, 2.45) is 0 Å². The fourth-order valence-corrected chi connectivity index (χ4v) is 1.99. The molecule has 0 radical (unpaired) electrons. The van der Waals surface area contributed by atoms with E-state index >= 15 is 0 Å². The first kappa shape index (κ1) is 13.8. The SMILES string of the molecule is CC(NCc1ccc(Cl)cc1)c1ccc(F)cc1O. The van der Waals surface area contributed by atoms with Gasteiger partial charge in [0.1, 0.15) is 11.6 Å². The number of hydrogen-bond donors (Lipinski definition) is 2. The Morgan fingerprint density at radius 3 is 2.53 bits per heavy atom. The van der Waals surface area contributed by atoms with Crippen molar-refractivity contribution in [3.05, 3.63) is 64.4 Å². The molecule has 4 heteroatoms. The monoisotopic (exact) mass is 279 g/mol. The van der Waals surface area contributed by atoms with E-state index in [2.05, 4.69) is 5.32 Å². The van der Waals surface area contributed by atoms with Gasteiger partial charge in [0.05, 0.1) is 0 Å². The zero-order valence-electron chi connectivity index (χ0n) is 10.5. The highest BCUT2D eigenvalue weighted by molar-refractivity contribution is 6.30. The van der Waals surface area contributed by atoms with E-state index in [0.717, 1.165) is 11.6 Å². The first-order valence-corrected chi connectivity index (χ1v) is 6.40. The Hall–Kier alpha value is -1.58. The fourth-order valence-electron chi connectivity index (χ4n) is 1.87. The maximum atomic E-state index is 12.9. The second-order valence-electron chi connectivity index (χ2n) is 4.43. The molecule has 2 rings (SSSR count). The maximum absolute atomic E-state index is 12.9. The molecular formula is C15H15ClFNO. The van der Waals surface area contributed by atoms with Gasteiger partial charge in [-0.05, 0) is 30.7 Å². The molecule has 19 heavy (non-hydrogen) atoms. The summed E-state index contributed by atoms with van der Waals surface area (Å²) in [6.07, 6.45) is 0. The van der Waals surface area contributed by atoms with Crippen LogP contribution in [0.2, 0.25) is 5.02 Å². The molecule has 100 valence electrons. The Labute approximate surface area is 116 Å². The summed E-state index contributed by atoms with van der Waals surface area (Å²) in [5.41, 5.74) is 1.77. The molecular weight excluding hydrogens is 265 g/mol. The summed E-state index contributed by atoms with van der Waals surface area (Å²) in [6, 6.07) is 11.5. The first-order valence-electron chi connectivity index (χ1n) is 6.02. The molecule has 0 amide bonds. The molecule has 0 saturated heterocycles. The van der Waals surface area contributed by atoms with E-state index in [1.807, 2.05) is 31.2 Å². The van der Waals surface area contributed by atoms with Crippen molar-refractivity contribution >= 4 is 11.6 Å². The molecule has 0 aliphatic rings. The molecule has 2 nitrogen and oxygen atoms in total. The minimum Gasteiger partial charge on any atom is -0.508 e. The minimum absolute atomic E-state index is 0.0314. The quantitative estimate of drug-likeness (QED) is 0.885. The van der Waals surface area contributed by atoms with Crippen LogP contribution in [0, 0.1) is 5.82 Å². The van der Waals surface area contributed by atoms with Gasteiger partial charge in [0.25, 0.3) is 0 Å². The second kappa shape index (κ2) is 6.04. The fraction of sp³-hybridized carbons (Fsp3) is 0.200. The highest BCUT2D eigenvalue weighted by Gasteiger charge is 2.10. The van der Waals surface area contributed by atoms with Crippen molar-refractivity contribution in [1.82, 2.24) is 5.32 Å². The van der Waals surface area contributed by atoms with Crippen LogP contribution in [0.25, 0.3) is 0 Å². The first-order chi connectivity index (χ1) is 9.06. The van der Waals surface area contributed by atoms with Crippen molar-refractivity contribution in [3.63, 3.8) is 0 Å². The second-order valence-corrected chi connectivity index (χ2v) is 4.87. The number of aromatic hydroxyl groups is 1. The molecule has 1 unspecified atom stereocenters. The van der Waals surface area contributed by atoms with Gasteiger partial charge < -0.3 is 10.4 Å². The number of rotatable bonds is 4. The molecule has 2 aromatic rings. The van der Waals surface area contributed by atoms with Crippen LogP contribution in [-0.2, 0) is 6.54 Å². The molecule has 2 aromatic carbocycles. The minimum atomic E-state index is -0.439. The number of benzene rings is 2. The summed E-state index contributed by atoms with van der Waals surface area (Å²) in [7, 11) is 0. The lowest BCUT2D eigenvalue weighted by atomic mass is 10.1. The molecule has 1 atom stereocenters. The Bertz CT molecular complexity index is 557. The Morgan fingerprint density at radius 2 is 1.89 bits per heavy atom. The zero-order chi connectivity index (χ0) is 13.8. The van der Waals surface area contributed by atoms with E-state index in [-0.39, 0.29) is 11.8 Å². The van der Waals surface area contributed by atoms with Gasteiger partial charge in [0.15, 0.2) is 0 Å². The van der Waals surface area contributed by atoms with E-state index in [1.165, 1.54) is 6.07 Å². The zero-order valence-corrected chi connectivity index (χ0v) is 11.3. The predicted molar refractivity (Wildman–Crippen MR) is 74.8 cm³/mol. The smallest absolute Gasteiger partial charge is 0.126 e. The standard InChI is InChI=1S/C15H15ClFNO/c1-10(14-7-6-13(17)8-15(14)19)18-9-11-2-4-12(16)5-3-11/h2-8,10,18-19H,9H2,1H3. The molecule has 0 fully saturated rings. The Kier molecular flexibility index (Phi) is 4.40. The molecule has 0 heterocycles. The predicted octanol–water partition coefficient (Wildman–Crippen LogP) is 4.04. The van der Waals surface area contributed by atoms with Crippen LogP contribution in [0.3, 0.4) is 0 Å². The molecule has 0 saturated carbocycles. The van der Waals surface area contributed by atoms with E-state index in [4.69, 9.17) is 11.6 Å². The lowest BCUT2D eigenvalue weighted by molar-refractivity contribution is 0.446. The molecule has 0 aliphatic carbocycles. The number of phenolic OH excluding ortho intramolecular Hbond substituents is 1. The normalized spacial score (nSPS) is 12.4. The average Bonchev–Trinajstić information content (AvgIpc) is 2.37. The van der Waals surface area contributed by atoms with Gasteiger partial charge in [0, 0.05) is 29.2 Å². The van der Waals surface area contributed by atoms with E-state index < -0.39 is 5.82 Å². The number of phenols is 1. The van der Waals surface area contributed by atoms with Crippen molar-refractivity contribution in [2.45, 2.75) is 19.5 Å². The molecule has 2 N–H and O–H groups in total. The van der Waals surface area contributed by atoms with Crippen molar-refractivity contribution in [3.8, 4) is 5.75 Å². The molecule has 0 aliphatic heterocycles. The van der Waals surface area contributed by atoms with Gasteiger partial charge in [-0.25, -0.2) is 4.39 Å². The number of halogens is 2. The average molecular weight is 280 g/mol. The van der Waals surface area contributed by atoms with Crippen molar-refractivity contribution in [1.29, 1.82) is 0 Å². The van der Waals surface area contributed by atoms with E-state index in [1.54, 1.807) is 6.07 Å². The molecule has 0 bridgehead atoms. The van der Waals surface area contributed by atoms with Crippen molar-refractivity contribution in [2.75, 3.05) is 0 Å². The van der Waals surface area contributed by atoms with Crippen LogP contribution in [0.5, 0.6) is 5.75 Å². The molecule has 0 spiro atoms. The van der Waals surface area contributed by atoms with Gasteiger partial charge in [-0.3, -0.25) is 0 Å². The Morgan fingerprint density at radius 1 is 1.21 bits per heavy atom. The van der Waals surface area contributed by atoms with Crippen LogP contribution in [0.15, 0.2) is 42.5 Å². The van der Waals surface area contributed by atoms with Gasteiger partial charge in [0.2, 0.25) is 0 Å². The highest BCUT2D eigenvalue weighted by atomic mass is 35.5. The molecule has 0 aromatic heterocycles. The topological polar surface area (TPSA) is 32.3 Å². The van der Waals surface area contributed by atoms with E-state index in [9.17, 15) is 9.50 Å². The van der Waals surface area contributed by atoms with Gasteiger partial charge >= 0.3 is 0 Å². The summed E-state index contributed by atoms with van der Waals surface area (Å²) in [4.78, 5) is 0. The summed E-state index contributed by atoms with van der Waals surface area (Å²) in [6.45, 7) is 2.57. The summed E-state index contributed by atoms with van der Waals surface area (Å²) >= 11 is 5.82. The third-order valence-electron chi connectivity index (χ3n) is 2.98. The van der Waals surface area contributed by atoms with Crippen LogP contribution in [0.4, 0.5) is 4.39 Å². The summed E-state index contributed by atoms with van der Waals surface area (Å²) < 4.78 is 12.9. The third-order valence-corrected chi connectivity index (χ3v) is 3.24. The Balaban J connectivity index is 2.01. The van der Waals surface area contributed by atoms with Crippen LogP contribution in [0.1, 0.15) is 24.1 Å². The van der Waals surface area contributed by atoms with Crippen LogP contribution < -0.4 is 5.32 Å². The lowest BCUT2D eigenvalue weighted by Crippen LogP contribution is -2.18. The van der Waals surface area contributed by atoms with Gasteiger partial charge in [-0.2, -0.15) is 0 Å². The highest BCUT2D eigenvalue weighted by Crippen LogP contribution is 2.24. The number of nitrogens with one attached hydrogen (secondary N) is 1. The largest absolute Gasteiger partial charge is 0.508 e. The third kappa shape index (κ3) is 3.69. The van der Waals surface area contributed by atoms with E-state index in [0.29, 0.717) is 17.1 Å². The lowest BCUT2D eigenvalue weighted by Gasteiger charge is -2.15.